The van der Waals surface area contributed by atoms with E-state index in [0.29, 0.717) is 0 Å². The second-order valence-electron chi connectivity index (χ2n) is 7.98. The van der Waals surface area contributed by atoms with Crippen LogP contribution in [0.3, 0.4) is 0 Å². The van der Waals surface area contributed by atoms with Gasteiger partial charge in [-0.3, -0.25) is 0 Å². The number of imidazole rings is 1. The van der Waals surface area contributed by atoms with Gasteiger partial charge in [0.1, 0.15) is 12.4 Å². The zero-order chi connectivity index (χ0) is 20.9. The van der Waals surface area contributed by atoms with Gasteiger partial charge in [0.25, 0.3) is 0 Å². The van der Waals surface area contributed by atoms with Gasteiger partial charge in [-0.15, -0.1) is 0 Å². The minimum Gasteiger partial charge on any atom is -0.550 e. The van der Waals surface area contributed by atoms with E-state index in [4.69, 9.17) is 0 Å². The zero-order valence-electron chi connectivity index (χ0n) is 19.0. The maximum absolute atomic E-state index is 10.2. The molecule has 0 radical (unpaired) electrons. The highest BCUT2D eigenvalue weighted by Gasteiger charge is 1.95. The molecular weight excluding hydrogens is 348 g/mol. The van der Waals surface area contributed by atoms with E-state index >= 15 is 0 Å². The molecule has 0 atom stereocenters. The molecule has 1 aromatic heterocycles. The van der Waals surface area contributed by atoms with Crippen molar-refractivity contribution in [1.82, 2.24) is 4.57 Å². The van der Waals surface area contributed by atoms with Gasteiger partial charge in [-0.25, -0.2) is 9.13 Å². The summed E-state index contributed by atoms with van der Waals surface area (Å²) < 4.78 is 4.16. The Morgan fingerprint density at radius 2 is 1.21 bits per heavy atom. The van der Waals surface area contributed by atoms with Crippen LogP contribution in [-0.2, 0) is 18.4 Å². The zero-order valence-corrected chi connectivity index (χ0v) is 19.0. The van der Waals surface area contributed by atoms with E-state index in [2.05, 4.69) is 30.9 Å². The number of rotatable bonds is 17. The molecule has 1 heterocycles. The van der Waals surface area contributed by atoms with Gasteiger partial charge in [0.2, 0.25) is 6.33 Å². The van der Waals surface area contributed by atoms with E-state index in [0.717, 1.165) is 19.4 Å². The average Bonchev–Trinajstić information content (AvgIpc) is 3.11. The normalized spacial score (nSPS) is 10.5. The van der Waals surface area contributed by atoms with Crippen LogP contribution in [0.15, 0.2) is 18.7 Å². The monoisotopic (exact) mass is 394 g/mol. The fourth-order valence-corrected chi connectivity index (χ4v) is 3.33. The van der Waals surface area contributed by atoms with E-state index in [9.17, 15) is 9.90 Å². The quantitative estimate of drug-likeness (QED) is 0.265. The molecule has 0 aliphatic heterocycles. The molecule has 0 aliphatic carbocycles. The van der Waals surface area contributed by atoms with Gasteiger partial charge in [-0.2, -0.15) is 0 Å². The molecule has 0 spiro atoms. The summed E-state index contributed by atoms with van der Waals surface area (Å²) in [6, 6.07) is 0. The van der Waals surface area contributed by atoms with Crippen molar-refractivity contribution < 1.29 is 14.5 Å². The summed E-state index contributed by atoms with van der Waals surface area (Å²) in [5.74, 6) is -0.903. The Morgan fingerprint density at radius 3 is 1.50 bits per heavy atom. The molecule has 1 aromatic rings. The Hall–Kier alpha value is -1.32. The minimum absolute atomic E-state index is 0.234. The van der Waals surface area contributed by atoms with Crippen LogP contribution in [0.5, 0.6) is 0 Å². The number of unbranched alkanes of at least 4 members (excludes halogenated alkanes) is 14. The molecule has 0 aliphatic rings. The van der Waals surface area contributed by atoms with E-state index in [1.807, 2.05) is 17.8 Å². The smallest absolute Gasteiger partial charge is 0.243 e. The highest BCUT2D eigenvalue weighted by molar-refractivity contribution is 5.63. The third-order valence-electron chi connectivity index (χ3n) is 5.17. The van der Waals surface area contributed by atoms with Gasteiger partial charge < -0.3 is 9.90 Å². The molecule has 0 saturated carbocycles. The topological polar surface area (TPSA) is 48.9 Å². The van der Waals surface area contributed by atoms with E-state index in [1.54, 1.807) is 0 Å². The predicted octanol–water partition coefficient (Wildman–Crippen LogP) is 5.33. The second-order valence-corrected chi connectivity index (χ2v) is 7.98. The van der Waals surface area contributed by atoms with Crippen molar-refractivity contribution in [3.05, 3.63) is 18.7 Å². The average molecular weight is 395 g/mol. The van der Waals surface area contributed by atoms with Crippen molar-refractivity contribution >= 4 is 5.97 Å². The van der Waals surface area contributed by atoms with Crippen molar-refractivity contribution in [1.29, 1.82) is 0 Å². The van der Waals surface area contributed by atoms with Crippen molar-refractivity contribution in [2.75, 3.05) is 0 Å². The fourth-order valence-electron chi connectivity index (χ4n) is 3.33. The van der Waals surface area contributed by atoms with Crippen molar-refractivity contribution in [2.24, 2.45) is 7.05 Å². The van der Waals surface area contributed by atoms with Gasteiger partial charge in [-0.05, 0) is 19.8 Å². The van der Waals surface area contributed by atoms with Crippen LogP contribution < -0.4 is 9.67 Å². The van der Waals surface area contributed by atoms with E-state index in [-0.39, 0.29) is 6.42 Å². The Balaban J connectivity index is 0.000000749. The summed E-state index contributed by atoms with van der Waals surface area (Å²) >= 11 is 0. The predicted molar refractivity (Wildman–Crippen MR) is 116 cm³/mol. The number of carbonyl (C=O) groups excluding carboxylic acids is 1. The molecule has 4 nitrogen and oxygen atoms in total. The van der Waals surface area contributed by atoms with Gasteiger partial charge in [-0.1, -0.05) is 96.8 Å². The van der Waals surface area contributed by atoms with Crippen LogP contribution in [0.4, 0.5) is 0 Å². The number of aromatic nitrogens is 2. The van der Waals surface area contributed by atoms with Crippen molar-refractivity contribution in [2.45, 2.75) is 123 Å². The standard InChI is InChI=1S/C18H36O2.C6H11N2/c1-2-3-4-5-6-7-8-9-10-11-12-13-14-15-16-17-18(19)20;1-3-8-5-4-7(2)6-8/h2-17H2,1H3,(H,19,20);4-6H,3H2,1-2H3/q;+1/p-1. The molecule has 0 saturated heterocycles. The lowest BCUT2D eigenvalue weighted by Gasteiger charge is -2.04. The molecule has 4 heteroatoms. The van der Waals surface area contributed by atoms with E-state index in [1.165, 1.54) is 83.5 Å². The summed E-state index contributed by atoms with van der Waals surface area (Å²) in [5, 5.41) is 10.2. The summed E-state index contributed by atoms with van der Waals surface area (Å²) in [6.45, 7) is 5.45. The summed E-state index contributed by atoms with van der Waals surface area (Å²) in [5.41, 5.74) is 0. The first-order chi connectivity index (χ1) is 13.6. The first-order valence-corrected chi connectivity index (χ1v) is 11.8. The maximum Gasteiger partial charge on any atom is 0.243 e. The maximum atomic E-state index is 10.2. The minimum atomic E-state index is -0.903. The molecule has 0 aromatic carbocycles. The number of carboxylic acid groups (broad SMARTS) is 1. The highest BCUT2D eigenvalue weighted by atomic mass is 16.4. The number of hydrogen-bond acceptors (Lipinski definition) is 2. The first kappa shape index (κ1) is 26.7. The Bertz CT molecular complexity index is 457. The number of carboxylic acids is 1. The van der Waals surface area contributed by atoms with Crippen LogP contribution in [0, 0.1) is 0 Å². The number of carbonyl (C=O) groups is 1. The SMILES string of the molecule is CCCCCCCCCCCCCCCCCC(=O)[O-].CCn1cc[n+](C)c1. The van der Waals surface area contributed by atoms with Gasteiger partial charge in [0.15, 0.2) is 0 Å². The van der Waals surface area contributed by atoms with Crippen molar-refractivity contribution in [3.8, 4) is 0 Å². The fraction of sp³-hybridized carbons (Fsp3) is 0.833. The lowest BCUT2D eigenvalue weighted by atomic mass is 10.0. The lowest BCUT2D eigenvalue weighted by Crippen LogP contribution is -2.23. The molecule has 0 N–H and O–H groups in total. The molecule has 1 rings (SSSR count). The Morgan fingerprint density at radius 1 is 0.786 bits per heavy atom. The number of aliphatic carboxylic acids is 1. The third kappa shape index (κ3) is 19.4. The largest absolute Gasteiger partial charge is 0.550 e. The van der Waals surface area contributed by atoms with Crippen molar-refractivity contribution in [3.63, 3.8) is 0 Å². The number of nitrogens with zero attached hydrogens (tertiary/aromatic N) is 2. The van der Waals surface area contributed by atoms with E-state index < -0.39 is 5.97 Å². The van der Waals surface area contributed by atoms with Crippen LogP contribution in [-0.4, -0.2) is 10.5 Å². The molecule has 0 bridgehead atoms. The summed E-state index contributed by atoms with van der Waals surface area (Å²) in [6.07, 6.45) is 26.0. The Kier molecular flexibility index (Phi) is 19.5. The summed E-state index contributed by atoms with van der Waals surface area (Å²) in [7, 11) is 2.02. The van der Waals surface area contributed by atoms with Crippen LogP contribution in [0.2, 0.25) is 0 Å². The van der Waals surface area contributed by atoms with Crippen LogP contribution in [0.1, 0.15) is 117 Å². The molecular formula is C24H46N2O2. The molecule has 28 heavy (non-hydrogen) atoms. The molecule has 0 amide bonds. The lowest BCUT2D eigenvalue weighted by molar-refractivity contribution is -0.671. The number of hydrogen-bond donors (Lipinski definition) is 0. The van der Waals surface area contributed by atoms with Gasteiger partial charge in [0.05, 0.1) is 13.6 Å². The van der Waals surface area contributed by atoms with Crippen LogP contribution >= 0.6 is 0 Å². The highest BCUT2D eigenvalue weighted by Crippen LogP contribution is 2.13. The second kappa shape index (κ2) is 20.4. The summed E-state index contributed by atoms with van der Waals surface area (Å²) in [4.78, 5) is 10.2. The van der Waals surface area contributed by atoms with Gasteiger partial charge >= 0.3 is 0 Å². The molecule has 0 unspecified atom stereocenters. The molecule has 0 fully saturated rings. The molecule has 164 valence electrons. The van der Waals surface area contributed by atoms with Gasteiger partial charge in [0, 0.05) is 5.97 Å². The Labute approximate surface area is 174 Å². The number of aryl methyl sites for hydroxylation is 2. The van der Waals surface area contributed by atoms with Crippen LogP contribution in [0.25, 0.3) is 0 Å². The first-order valence-electron chi connectivity index (χ1n) is 11.8. The third-order valence-corrected chi connectivity index (χ3v) is 5.17.